The van der Waals surface area contributed by atoms with Crippen LogP contribution in [-0.4, -0.2) is 25.8 Å². The summed E-state index contributed by atoms with van der Waals surface area (Å²) in [5.74, 6) is 0. The fourth-order valence-electron chi connectivity index (χ4n) is 2.16. The van der Waals surface area contributed by atoms with Gasteiger partial charge >= 0.3 is 0 Å². The summed E-state index contributed by atoms with van der Waals surface area (Å²) in [5, 5.41) is 0. The van der Waals surface area contributed by atoms with Crippen molar-refractivity contribution in [2.45, 2.75) is 65.2 Å². The fourth-order valence-corrected chi connectivity index (χ4v) is 3.81. The van der Waals surface area contributed by atoms with Crippen LogP contribution in [0.1, 0.15) is 54.4 Å². The first-order chi connectivity index (χ1) is 6.64. The van der Waals surface area contributed by atoms with E-state index in [1.54, 1.807) is 0 Å². The molecule has 1 heterocycles. The van der Waals surface area contributed by atoms with Crippen molar-refractivity contribution in [3.8, 4) is 0 Å². The Morgan fingerprint density at radius 1 is 1.13 bits per heavy atom. The molecule has 0 spiro atoms. The Labute approximate surface area is 97.0 Å². The molecule has 0 aromatic rings. The molecule has 0 saturated carbocycles. The third-order valence-corrected chi connectivity index (χ3v) is 4.85. The average Bonchev–Trinajstić information content (AvgIpc) is 2.47. The minimum atomic E-state index is -0.856. The van der Waals surface area contributed by atoms with Crippen LogP contribution in [0.15, 0.2) is 0 Å². The van der Waals surface area contributed by atoms with Gasteiger partial charge in [0, 0.05) is 12.6 Å². The number of hydrogen-bond donors (Lipinski definition) is 0. The van der Waals surface area contributed by atoms with Crippen LogP contribution in [0, 0.1) is 5.41 Å². The Balaban J connectivity index is 2.82. The lowest BCUT2D eigenvalue weighted by Gasteiger charge is -2.37. The molecule has 2 nitrogen and oxygen atoms in total. The molecule has 1 aliphatic rings. The van der Waals surface area contributed by atoms with Gasteiger partial charge in [0.1, 0.15) is 0 Å². The highest BCUT2D eigenvalue weighted by Crippen LogP contribution is 2.35. The topological polar surface area (TPSA) is 20.3 Å². The second-order valence-corrected chi connectivity index (χ2v) is 8.72. The molecule has 0 aromatic heterocycles. The van der Waals surface area contributed by atoms with Gasteiger partial charge in [0.2, 0.25) is 0 Å². The van der Waals surface area contributed by atoms with Gasteiger partial charge in [-0.25, -0.2) is 8.51 Å². The van der Waals surface area contributed by atoms with Crippen molar-refractivity contribution in [1.82, 2.24) is 4.31 Å². The van der Waals surface area contributed by atoms with Gasteiger partial charge < -0.3 is 0 Å². The quantitative estimate of drug-likeness (QED) is 0.679. The zero-order chi connectivity index (χ0) is 11.9. The van der Waals surface area contributed by atoms with Gasteiger partial charge in [-0.05, 0) is 39.0 Å². The third kappa shape index (κ3) is 3.04. The van der Waals surface area contributed by atoms with Gasteiger partial charge in [0.05, 0.1) is 15.7 Å². The zero-order valence-corrected chi connectivity index (χ0v) is 11.8. The Morgan fingerprint density at radius 2 is 1.67 bits per heavy atom. The maximum Gasteiger partial charge on any atom is 0.1000 e. The molecule has 0 bridgehead atoms. The molecular weight excluding hydrogens is 206 g/mol. The molecule has 1 rings (SSSR count). The van der Waals surface area contributed by atoms with E-state index in [0.29, 0.717) is 6.04 Å². The summed E-state index contributed by atoms with van der Waals surface area (Å²) in [4.78, 5) is 0. The first kappa shape index (κ1) is 13.2. The van der Waals surface area contributed by atoms with Crippen molar-refractivity contribution in [3.05, 3.63) is 0 Å². The second-order valence-electron chi connectivity index (χ2n) is 6.53. The van der Waals surface area contributed by atoms with E-state index in [9.17, 15) is 4.21 Å². The van der Waals surface area contributed by atoms with Crippen molar-refractivity contribution >= 4 is 11.0 Å². The maximum atomic E-state index is 12.4. The van der Waals surface area contributed by atoms with Gasteiger partial charge in [-0.3, -0.25) is 0 Å². The SMILES string of the molecule is CC(C)(C)[C@@H]1CCCN1S(=O)C(C)(C)C. The van der Waals surface area contributed by atoms with E-state index in [1.165, 1.54) is 12.8 Å². The predicted molar refractivity (Wildman–Crippen MR) is 67.1 cm³/mol. The van der Waals surface area contributed by atoms with Crippen LogP contribution in [0.25, 0.3) is 0 Å². The monoisotopic (exact) mass is 231 g/mol. The van der Waals surface area contributed by atoms with Crippen LogP contribution >= 0.6 is 0 Å². The predicted octanol–water partition coefficient (Wildman–Crippen LogP) is 2.96. The Morgan fingerprint density at radius 3 is 2.07 bits per heavy atom. The summed E-state index contributed by atoms with van der Waals surface area (Å²) in [6, 6.07) is 0.470. The van der Waals surface area contributed by atoms with Crippen LogP contribution in [-0.2, 0) is 11.0 Å². The molecule has 0 aromatic carbocycles. The van der Waals surface area contributed by atoms with Gasteiger partial charge in [-0.1, -0.05) is 20.8 Å². The van der Waals surface area contributed by atoms with Gasteiger partial charge in [-0.2, -0.15) is 0 Å². The Kier molecular flexibility index (Phi) is 3.66. The summed E-state index contributed by atoms with van der Waals surface area (Å²) in [7, 11) is -0.856. The van der Waals surface area contributed by atoms with Gasteiger partial charge in [-0.15, -0.1) is 0 Å². The molecule has 3 heteroatoms. The van der Waals surface area contributed by atoms with Crippen LogP contribution in [0.3, 0.4) is 0 Å². The minimum absolute atomic E-state index is 0.131. The van der Waals surface area contributed by atoms with E-state index in [2.05, 4.69) is 45.8 Å². The summed E-state index contributed by atoms with van der Waals surface area (Å²) >= 11 is 0. The van der Waals surface area contributed by atoms with Crippen molar-refractivity contribution in [1.29, 1.82) is 0 Å². The minimum Gasteiger partial charge on any atom is -0.242 e. The first-order valence-electron chi connectivity index (χ1n) is 5.82. The van der Waals surface area contributed by atoms with E-state index < -0.39 is 11.0 Å². The fraction of sp³-hybridized carbons (Fsp3) is 1.00. The normalized spacial score (nSPS) is 26.9. The van der Waals surface area contributed by atoms with E-state index >= 15 is 0 Å². The average molecular weight is 231 g/mol. The molecule has 90 valence electrons. The molecule has 2 atom stereocenters. The summed E-state index contributed by atoms with van der Waals surface area (Å²) < 4.78 is 14.4. The van der Waals surface area contributed by atoms with Crippen LogP contribution in [0.4, 0.5) is 0 Å². The zero-order valence-electron chi connectivity index (χ0n) is 11.0. The molecule has 15 heavy (non-hydrogen) atoms. The maximum absolute atomic E-state index is 12.4. The van der Waals surface area contributed by atoms with Crippen molar-refractivity contribution < 1.29 is 4.21 Å². The molecule has 0 aliphatic carbocycles. The van der Waals surface area contributed by atoms with Crippen LogP contribution in [0.2, 0.25) is 0 Å². The summed E-state index contributed by atoms with van der Waals surface area (Å²) in [6.45, 7) is 13.9. The molecular formula is C12H25NOS. The molecule has 0 amide bonds. The third-order valence-electron chi connectivity index (χ3n) is 2.94. The standard InChI is InChI=1S/C12H25NOS/c1-11(2,3)10-8-7-9-13(10)15(14)12(4,5)6/h10H,7-9H2,1-6H3/t10-,15?/m0/s1. The summed E-state index contributed by atoms with van der Waals surface area (Å²) in [6.07, 6.45) is 2.37. The highest BCUT2D eigenvalue weighted by molar-refractivity contribution is 7.84. The smallest absolute Gasteiger partial charge is 0.1000 e. The van der Waals surface area contributed by atoms with Gasteiger partial charge in [0.15, 0.2) is 0 Å². The summed E-state index contributed by atoms with van der Waals surface area (Å²) in [5.41, 5.74) is 0.234. The van der Waals surface area contributed by atoms with E-state index in [1.807, 2.05) is 0 Å². The highest BCUT2D eigenvalue weighted by atomic mass is 32.2. The molecule has 0 radical (unpaired) electrons. The number of rotatable bonds is 1. The molecule has 1 fully saturated rings. The van der Waals surface area contributed by atoms with Crippen molar-refractivity contribution in [3.63, 3.8) is 0 Å². The van der Waals surface area contributed by atoms with Crippen molar-refractivity contribution in [2.24, 2.45) is 5.41 Å². The largest absolute Gasteiger partial charge is 0.242 e. The molecule has 1 unspecified atom stereocenters. The second kappa shape index (κ2) is 4.17. The number of hydrogen-bond acceptors (Lipinski definition) is 1. The lowest BCUT2D eigenvalue weighted by atomic mass is 9.86. The van der Waals surface area contributed by atoms with Gasteiger partial charge in [0.25, 0.3) is 0 Å². The van der Waals surface area contributed by atoms with Crippen LogP contribution in [0.5, 0.6) is 0 Å². The lowest BCUT2D eigenvalue weighted by molar-refractivity contribution is 0.220. The first-order valence-corrected chi connectivity index (χ1v) is 6.93. The van der Waals surface area contributed by atoms with E-state index in [0.717, 1.165) is 6.54 Å². The van der Waals surface area contributed by atoms with Crippen LogP contribution < -0.4 is 0 Å². The highest BCUT2D eigenvalue weighted by Gasteiger charge is 2.40. The van der Waals surface area contributed by atoms with E-state index in [-0.39, 0.29) is 10.2 Å². The molecule has 1 saturated heterocycles. The Hall–Kier alpha value is 0.110. The Bertz CT molecular complexity index is 249. The molecule has 1 aliphatic heterocycles. The lowest BCUT2D eigenvalue weighted by Crippen LogP contribution is -2.45. The van der Waals surface area contributed by atoms with Crippen molar-refractivity contribution in [2.75, 3.05) is 6.54 Å². The molecule has 0 N–H and O–H groups in total. The number of nitrogens with zero attached hydrogens (tertiary/aromatic N) is 1. The van der Waals surface area contributed by atoms with E-state index in [4.69, 9.17) is 0 Å².